The first-order valence-corrected chi connectivity index (χ1v) is 14.9. The summed E-state index contributed by atoms with van der Waals surface area (Å²) in [7, 11) is -0.564. The lowest BCUT2D eigenvalue weighted by molar-refractivity contribution is -0.901. The molecule has 0 rings (SSSR count). The number of nitrogens with zero attached hydrogens (tertiary/aromatic N) is 1. The zero-order chi connectivity index (χ0) is 26.6. The van der Waals surface area contributed by atoms with Gasteiger partial charge in [0.15, 0.2) is 12.1 Å². The van der Waals surface area contributed by atoms with Gasteiger partial charge in [-0.3, -0.25) is 4.57 Å². The Hall–Kier alpha value is -0.570. The van der Waals surface area contributed by atoms with E-state index < -0.39 is 25.8 Å². The molecule has 8 nitrogen and oxygen atoms in total. The highest BCUT2D eigenvalue weighted by Crippen LogP contribution is 2.50. The van der Waals surface area contributed by atoms with E-state index in [4.69, 9.17) is 19.5 Å². The second-order valence-electron chi connectivity index (χ2n) is 9.86. The van der Waals surface area contributed by atoms with E-state index >= 15 is 0 Å². The van der Waals surface area contributed by atoms with Crippen molar-refractivity contribution in [2.45, 2.75) is 103 Å². The van der Waals surface area contributed by atoms with Gasteiger partial charge in [0.05, 0.1) is 33.9 Å². The normalized spacial score (nSPS) is 16.4. The maximum Gasteiger partial charge on any atom is 0.384 e. The largest absolute Gasteiger partial charge is 0.388 e. The number of hydrogen-bond donors (Lipinski definition) is 4. The van der Waals surface area contributed by atoms with Crippen LogP contribution in [0.3, 0.4) is 0 Å². The summed E-state index contributed by atoms with van der Waals surface area (Å²) in [6.07, 6.45) is 18.1. The Balaban J connectivity index is 3.82. The topological polar surface area (TPSA) is 116 Å². The van der Waals surface area contributed by atoms with Crippen molar-refractivity contribution < 1.29 is 38.5 Å². The summed E-state index contributed by atoms with van der Waals surface area (Å²) in [6.45, 7) is 4.37. The molecule has 0 heterocycles. The van der Waals surface area contributed by atoms with Crippen LogP contribution in [0.15, 0.2) is 24.3 Å². The fraction of sp³-hybridized carbons (Fsp3) is 0.846. The molecule has 0 aromatic rings. The molecule has 0 saturated heterocycles. The van der Waals surface area contributed by atoms with E-state index in [1.807, 2.05) is 0 Å². The molecule has 0 aliphatic heterocycles. The van der Waals surface area contributed by atoms with Crippen LogP contribution < -0.4 is 0 Å². The summed E-state index contributed by atoms with van der Waals surface area (Å²) >= 11 is 0. The van der Waals surface area contributed by atoms with Gasteiger partial charge in [0.2, 0.25) is 0 Å². The van der Waals surface area contributed by atoms with Gasteiger partial charge in [0.1, 0.15) is 6.10 Å². The van der Waals surface area contributed by atoms with Crippen molar-refractivity contribution in [1.82, 2.24) is 0 Å². The van der Waals surface area contributed by atoms with Crippen LogP contribution in [-0.2, 0) is 13.8 Å². The number of unbranched alkanes of at least 4 members (excludes halogenated alkanes) is 7. The molecule has 0 aliphatic carbocycles. The van der Waals surface area contributed by atoms with E-state index in [9.17, 15) is 14.6 Å². The van der Waals surface area contributed by atoms with Crippen LogP contribution in [0.1, 0.15) is 84.5 Å². The lowest BCUT2D eigenvalue weighted by Crippen LogP contribution is -2.48. The molecule has 0 spiro atoms. The van der Waals surface area contributed by atoms with E-state index in [2.05, 4.69) is 31.2 Å². The molecule has 35 heavy (non-hydrogen) atoms. The van der Waals surface area contributed by atoms with Gasteiger partial charge in [-0.1, -0.05) is 44.1 Å². The first-order valence-electron chi connectivity index (χ1n) is 13.2. The maximum atomic E-state index is 12.6. The minimum atomic E-state index is -4.01. The average Bonchev–Trinajstić information content (AvgIpc) is 2.80. The second kappa shape index (κ2) is 20.5. The van der Waals surface area contributed by atoms with Gasteiger partial charge in [0, 0.05) is 13.0 Å². The van der Waals surface area contributed by atoms with Crippen molar-refractivity contribution in [3.8, 4) is 0 Å². The summed E-state index contributed by atoms with van der Waals surface area (Å²) in [6, 6.07) is 0. The van der Waals surface area contributed by atoms with E-state index in [0.29, 0.717) is 13.2 Å². The van der Waals surface area contributed by atoms with E-state index in [-0.39, 0.29) is 24.1 Å². The zero-order valence-electron chi connectivity index (χ0n) is 22.6. The van der Waals surface area contributed by atoms with Gasteiger partial charge in [-0.15, -0.1) is 0 Å². The van der Waals surface area contributed by atoms with Gasteiger partial charge >= 0.3 is 7.60 Å². The molecule has 3 atom stereocenters. The highest BCUT2D eigenvalue weighted by Gasteiger charge is 2.41. The second-order valence-corrected chi connectivity index (χ2v) is 12.0. The van der Waals surface area contributed by atoms with E-state index in [1.165, 1.54) is 38.5 Å². The Morgan fingerprint density at radius 2 is 1.37 bits per heavy atom. The molecule has 0 bridgehead atoms. The van der Waals surface area contributed by atoms with Crippen molar-refractivity contribution in [2.75, 3.05) is 40.5 Å². The lowest BCUT2D eigenvalue weighted by atomic mass is 10.1. The molecule has 0 radical (unpaired) electrons. The Kier molecular flexibility index (Phi) is 20.1. The molecular formula is C26H53NO7P+. The van der Waals surface area contributed by atoms with Crippen LogP contribution in [0.2, 0.25) is 0 Å². The molecule has 2 unspecified atom stereocenters. The van der Waals surface area contributed by atoms with Crippen molar-refractivity contribution in [3.05, 3.63) is 24.3 Å². The monoisotopic (exact) mass is 522 g/mol. The van der Waals surface area contributed by atoms with Gasteiger partial charge in [0.25, 0.3) is 0 Å². The summed E-state index contributed by atoms with van der Waals surface area (Å²) in [4.78, 5) is 10.3. The third kappa shape index (κ3) is 19.2. The molecular weight excluding hydrogens is 469 g/mol. The molecule has 0 aromatic carbocycles. The number of rotatable bonds is 23. The van der Waals surface area contributed by atoms with Gasteiger partial charge in [-0.2, -0.15) is 0 Å². The van der Waals surface area contributed by atoms with Gasteiger partial charge in [-0.05, 0) is 58.3 Å². The fourth-order valence-electron chi connectivity index (χ4n) is 3.38. The van der Waals surface area contributed by atoms with Crippen molar-refractivity contribution >= 4 is 7.60 Å². The zero-order valence-corrected chi connectivity index (χ0v) is 23.5. The molecule has 208 valence electrons. The van der Waals surface area contributed by atoms with Crippen molar-refractivity contribution in [3.63, 3.8) is 0 Å². The van der Waals surface area contributed by atoms with Gasteiger partial charge < -0.3 is 34.0 Å². The SMILES string of the molecule is CCCC/C=C\CCCC/C=C\CCCCOC[C@@H](O)COP(=O)(O)C(C)[N+](C)(C)CCC(O)O. The smallest absolute Gasteiger partial charge is 0.384 e. The maximum absolute atomic E-state index is 12.6. The predicted molar refractivity (Wildman–Crippen MR) is 142 cm³/mol. The molecule has 0 aromatic heterocycles. The number of ether oxygens (including phenoxy) is 1. The van der Waals surface area contributed by atoms with E-state index in [1.54, 1.807) is 21.0 Å². The number of aliphatic hydroxyl groups excluding tert-OH is 2. The van der Waals surface area contributed by atoms with Crippen LogP contribution in [0.25, 0.3) is 0 Å². The van der Waals surface area contributed by atoms with Crippen LogP contribution in [0.4, 0.5) is 0 Å². The molecule has 0 amide bonds. The predicted octanol–water partition coefficient (Wildman–Crippen LogP) is 4.72. The van der Waals surface area contributed by atoms with Crippen LogP contribution >= 0.6 is 7.60 Å². The Labute approximate surface area is 213 Å². The first kappa shape index (κ1) is 34.4. The molecule has 0 saturated carbocycles. The highest BCUT2D eigenvalue weighted by atomic mass is 31.2. The number of hydrogen-bond acceptors (Lipinski definition) is 6. The third-order valence-corrected chi connectivity index (χ3v) is 8.26. The number of allylic oxidation sites excluding steroid dienone is 4. The Morgan fingerprint density at radius 3 is 1.89 bits per heavy atom. The standard InChI is InChI=1S/C26H52NO7P/c1-5-6-7-8-9-10-11-12-13-14-15-16-17-18-21-33-22-25(28)23-34-35(31,32)24(2)27(3,4)20-19-26(29)30/h8-9,14-15,24-26,28-30H,5-7,10-13,16-23H2,1-4H3/p+1/b9-8-,15-14-/t24?,25-/m1/s1. The van der Waals surface area contributed by atoms with Gasteiger partial charge in [-0.25, -0.2) is 0 Å². The molecule has 9 heteroatoms. The summed E-state index contributed by atoms with van der Waals surface area (Å²) in [5.74, 6) is -0.783. The molecule has 0 aliphatic rings. The minimum absolute atomic E-state index is 0.0477. The quantitative estimate of drug-likeness (QED) is 0.0504. The van der Waals surface area contributed by atoms with Crippen molar-refractivity contribution in [1.29, 1.82) is 0 Å². The number of quaternary nitrogens is 1. The Morgan fingerprint density at radius 1 is 0.857 bits per heavy atom. The van der Waals surface area contributed by atoms with Crippen LogP contribution in [0.5, 0.6) is 0 Å². The minimum Gasteiger partial charge on any atom is -0.388 e. The average molecular weight is 523 g/mol. The number of aliphatic hydroxyl groups is 3. The first-order chi connectivity index (χ1) is 16.5. The summed E-state index contributed by atoms with van der Waals surface area (Å²) in [5.41, 5.74) is 0. The van der Waals surface area contributed by atoms with Crippen LogP contribution in [-0.4, -0.2) is 83.3 Å². The lowest BCUT2D eigenvalue weighted by Gasteiger charge is -2.37. The third-order valence-electron chi connectivity index (χ3n) is 6.17. The van der Waals surface area contributed by atoms with E-state index in [0.717, 1.165) is 25.7 Å². The molecule has 0 fully saturated rings. The molecule has 4 N–H and O–H groups in total. The Bertz CT molecular complexity index is 611. The van der Waals surface area contributed by atoms with Crippen molar-refractivity contribution in [2.24, 2.45) is 0 Å². The summed E-state index contributed by atoms with van der Waals surface area (Å²) in [5, 5.41) is 28.1. The van der Waals surface area contributed by atoms with Crippen LogP contribution in [0, 0.1) is 0 Å². The summed E-state index contributed by atoms with van der Waals surface area (Å²) < 4.78 is 23.3. The highest BCUT2D eigenvalue weighted by molar-refractivity contribution is 7.53. The fourth-order valence-corrected chi connectivity index (χ4v) is 4.89.